The second kappa shape index (κ2) is 10.0. The van der Waals surface area contributed by atoms with E-state index in [0.29, 0.717) is 30.3 Å². The van der Waals surface area contributed by atoms with Crippen molar-refractivity contribution >= 4 is 48.3 Å². The molecule has 2 heterocycles. The number of likely N-dealkylation sites (N-methyl/N-ethyl adjacent to an activating group) is 1. The van der Waals surface area contributed by atoms with Crippen LogP contribution in [0, 0.1) is 0 Å². The van der Waals surface area contributed by atoms with Gasteiger partial charge in [0.05, 0.1) is 20.8 Å². The van der Waals surface area contributed by atoms with Gasteiger partial charge in [0.15, 0.2) is 5.13 Å². The molecule has 0 bridgehead atoms. The van der Waals surface area contributed by atoms with Crippen molar-refractivity contribution in [3.63, 3.8) is 0 Å². The predicted octanol–water partition coefficient (Wildman–Crippen LogP) is 4.65. The molecule has 7 nitrogen and oxygen atoms in total. The monoisotopic (exact) mass is 520 g/mol. The van der Waals surface area contributed by atoms with Crippen molar-refractivity contribution in [3.05, 3.63) is 83.9 Å². The zero-order valence-corrected chi connectivity index (χ0v) is 21.9. The van der Waals surface area contributed by atoms with Crippen molar-refractivity contribution in [1.29, 1.82) is 0 Å². The maximum atomic E-state index is 13.6. The van der Waals surface area contributed by atoms with E-state index in [2.05, 4.69) is 4.98 Å². The highest BCUT2D eigenvalue weighted by atomic mass is 32.2. The second-order valence-corrected chi connectivity index (χ2v) is 11.9. The fourth-order valence-corrected chi connectivity index (χ4v) is 6.89. The highest BCUT2D eigenvalue weighted by Gasteiger charge is 2.29. The van der Waals surface area contributed by atoms with E-state index < -0.39 is 10.0 Å². The molecule has 0 saturated heterocycles. The Morgan fingerprint density at radius 1 is 0.972 bits per heavy atom. The van der Waals surface area contributed by atoms with Gasteiger partial charge in [-0.15, -0.1) is 0 Å². The van der Waals surface area contributed by atoms with Gasteiger partial charge in [0.2, 0.25) is 0 Å². The fourth-order valence-electron chi connectivity index (χ4n) is 4.36. The maximum Gasteiger partial charge on any atom is 0.264 e. The van der Waals surface area contributed by atoms with Crippen LogP contribution in [0.4, 0.5) is 10.8 Å². The van der Waals surface area contributed by atoms with E-state index >= 15 is 0 Å². The lowest BCUT2D eigenvalue weighted by atomic mass is 10.0. The number of thiazole rings is 1. The Kier molecular flexibility index (Phi) is 6.79. The molecule has 0 N–H and O–H groups in total. The number of anilines is 2. The molecule has 1 aliphatic heterocycles. The molecule has 186 valence electrons. The highest BCUT2D eigenvalue weighted by molar-refractivity contribution is 7.92. The number of benzene rings is 3. The van der Waals surface area contributed by atoms with Crippen LogP contribution in [-0.2, 0) is 16.4 Å². The molecule has 9 heteroatoms. The van der Waals surface area contributed by atoms with Crippen LogP contribution < -0.4 is 9.21 Å². The van der Waals surface area contributed by atoms with Crippen molar-refractivity contribution in [2.24, 2.45) is 0 Å². The van der Waals surface area contributed by atoms with Crippen LogP contribution >= 0.6 is 11.3 Å². The predicted molar refractivity (Wildman–Crippen MR) is 146 cm³/mol. The summed E-state index contributed by atoms with van der Waals surface area (Å²) in [5, 5.41) is 0.629. The number of rotatable bonds is 7. The topological polar surface area (TPSA) is 73.8 Å². The Morgan fingerprint density at radius 2 is 1.69 bits per heavy atom. The number of amides is 1. The lowest BCUT2D eigenvalue weighted by Crippen LogP contribution is -2.37. The molecule has 4 aromatic rings. The van der Waals surface area contributed by atoms with Crippen LogP contribution in [0.5, 0.6) is 0 Å². The highest BCUT2D eigenvalue weighted by Crippen LogP contribution is 2.33. The van der Waals surface area contributed by atoms with Crippen molar-refractivity contribution in [2.45, 2.75) is 17.7 Å². The number of carbonyl (C=O) groups excluding carboxylic acids is 1. The van der Waals surface area contributed by atoms with Gasteiger partial charge in [0.1, 0.15) is 0 Å². The molecular weight excluding hydrogens is 492 g/mol. The van der Waals surface area contributed by atoms with Gasteiger partial charge in [-0.1, -0.05) is 41.7 Å². The number of carbonyl (C=O) groups is 1. The lowest BCUT2D eigenvalue weighted by molar-refractivity contribution is 0.0985. The SMILES string of the molecule is CN(C)CCN(C(=O)c1ccc(S(=O)(=O)N2CCCc3ccccc32)cc1)c1nc2ccccc2s1. The van der Waals surface area contributed by atoms with Gasteiger partial charge in [-0.25, -0.2) is 13.4 Å². The zero-order chi connectivity index (χ0) is 25.3. The van der Waals surface area contributed by atoms with Crippen LogP contribution in [0.3, 0.4) is 0 Å². The third-order valence-electron chi connectivity index (χ3n) is 6.29. The number of hydrogen-bond donors (Lipinski definition) is 0. The molecular formula is C27H28N4O3S2. The molecule has 3 aromatic carbocycles. The molecule has 1 aliphatic rings. The van der Waals surface area contributed by atoms with Gasteiger partial charge < -0.3 is 4.90 Å². The quantitative estimate of drug-likeness (QED) is 0.355. The van der Waals surface area contributed by atoms with E-state index in [-0.39, 0.29) is 10.8 Å². The van der Waals surface area contributed by atoms with E-state index in [1.54, 1.807) is 17.0 Å². The molecule has 36 heavy (non-hydrogen) atoms. The average Bonchev–Trinajstić information content (AvgIpc) is 3.32. The summed E-state index contributed by atoms with van der Waals surface area (Å²) in [7, 11) is 0.178. The van der Waals surface area contributed by atoms with Gasteiger partial charge in [0.25, 0.3) is 15.9 Å². The summed E-state index contributed by atoms with van der Waals surface area (Å²) < 4.78 is 29.5. The Bertz CT molecular complexity index is 1460. The van der Waals surface area contributed by atoms with Crippen LogP contribution in [0.2, 0.25) is 0 Å². The van der Waals surface area contributed by atoms with Crippen molar-refractivity contribution < 1.29 is 13.2 Å². The molecule has 0 unspecified atom stereocenters. The summed E-state index contributed by atoms with van der Waals surface area (Å²) in [6.07, 6.45) is 1.64. The third kappa shape index (κ3) is 4.74. The van der Waals surface area contributed by atoms with Gasteiger partial charge in [0, 0.05) is 25.2 Å². The molecule has 0 saturated carbocycles. The van der Waals surface area contributed by atoms with E-state index in [9.17, 15) is 13.2 Å². The van der Waals surface area contributed by atoms with E-state index in [0.717, 1.165) is 34.3 Å². The van der Waals surface area contributed by atoms with Crippen LogP contribution in [0.15, 0.2) is 77.7 Å². The minimum atomic E-state index is -3.74. The minimum absolute atomic E-state index is 0.176. The average molecular weight is 521 g/mol. The number of nitrogens with zero attached hydrogens (tertiary/aromatic N) is 4. The normalized spacial score (nSPS) is 13.7. The van der Waals surface area contributed by atoms with Gasteiger partial charge >= 0.3 is 0 Å². The Hall–Kier alpha value is -3.27. The van der Waals surface area contributed by atoms with E-state index in [4.69, 9.17) is 0 Å². The number of sulfonamides is 1. The number of fused-ring (bicyclic) bond motifs is 2. The van der Waals surface area contributed by atoms with E-state index in [1.165, 1.54) is 27.8 Å². The summed E-state index contributed by atoms with van der Waals surface area (Å²) in [5.74, 6) is -0.205. The van der Waals surface area contributed by atoms with Crippen LogP contribution in [0.1, 0.15) is 22.3 Å². The Morgan fingerprint density at radius 3 is 2.44 bits per heavy atom. The Balaban J connectivity index is 1.43. The van der Waals surface area contributed by atoms with Gasteiger partial charge in [-0.2, -0.15) is 0 Å². The summed E-state index contributed by atoms with van der Waals surface area (Å²) in [5.41, 5.74) is 3.04. The van der Waals surface area contributed by atoms with Crippen LogP contribution in [-0.4, -0.2) is 57.9 Å². The van der Waals surface area contributed by atoms with Crippen LogP contribution in [0.25, 0.3) is 10.2 Å². The summed E-state index contributed by atoms with van der Waals surface area (Å²) in [4.78, 5) is 22.1. The molecule has 5 rings (SSSR count). The van der Waals surface area contributed by atoms with Crippen molar-refractivity contribution in [3.8, 4) is 0 Å². The summed E-state index contributed by atoms with van der Waals surface area (Å²) in [6.45, 7) is 1.58. The first-order valence-electron chi connectivity index (χ1n) is 11.9. The molecule has 0 aliphatic carbocycles. The standard InChI is InChI=1S/C27H28N4O3S2/c1-29(2)18-19-30(27-28-23-10-4-6-12-25(23)35-27)26(32)21-13-15-22(16-14-21)36(33,34)31-17-7-9-20-8-3-5-11-24(20)31/h3-6,8,10-16H,7,9,17-19H2,1-2H3. The Labute approximate surface area is 215 Å². The number of hydrogen-bond acceptors (Lipinski definition) is 6. The largest absolute Gasteiger partial charge is 0.308 e. The first-order chi connectivity index (χ1) is 17.3. The smallest absolute Gasteiger partial charge is 0.264 e. The van der Waals surface area contributed by atoms with Crippen molar-refractivity contribution in [2.75, 3.05) is 42.9 Å². The number of para-hydroxylation sites is 2. The lowest BCUT2D eigenvalue weighted by Gasteiger charge is -2.30. The third-order valence-corrected chi connectivity index (χ3v) is 9.17. The molecule has 1 aromatic heterocycles. The zero-order valence-electron chi connectivity index (χ0n) is 20.3. The fraction of sp³-hybridized carbons (Fsp3) is 0.259. The molecule has 0 fully saturated rings. The second-order valence-electron chi connectivity index (χ2n) is 9.06. The summed E-state index contributed by atoms with van der Waals surface area (Å²) in [6, 6.07) is 21.7. The molecule has 0 atom stereocenters. The van der Waals surface area contributed by atoms with Gasteiger partial charge in [-0.3, -0.25) is 14.0 Å². The van der Waals surface area contributed by atoms with Gasteiger partial charge in [-0.05, 0) is 75.0 Å². The number of aromatic nitrogens is 1. The first kappa shape index (κ1) is 24.4. The number of aryl methyl sites for hydroxylation is 1. The first-order valence-corrected chi connectivity index (χ1v) is 14.1. The van der Waals surface area contributed by atoms with Crippen molar-refractivity contribution in [1.82, 2.24) is 9.88 Å². The summed E-state index contributed by atoms with van der Waals surface area (Å²) >= 11 is 1.47. The molecule has 0 radical (unpaired) electrons. The maximum absolute atomic E-state index is 13.6. The van der Waals surface area contributed by atoms with E-state index in [1.807, 2.05) is 67.5 Å². The molecule has 1 amide bonds. The molecule has 0 spiro atoms. The minimum Gasteiger partial charge on any atom is -0.308 e.